The van der Waals surface area contributed by atoms with Gasteiger partial charge in [0.25, 0.3) is 0 Å². The molecular formula is C28H36FN3O. The number of nitrogens with zero attached hydrogens (tertiary/aromatic N) is 3. The summed E-state index contributed by atoms with van der Waals surface area (Å²) < 4.78 is 13.4. The first-order valence-electron chi connectivity index (χ1n) is 12.6. The first kappa shape index (κ1) is 22.4. The summed E-state index contributed by atoms with van der Waals surface area (Å²) in [5, 5.41) is 9.71. The van der Waals surface area contributed by atoms with E-state index in [0.717, 1.165) is 56.3 Å². The molecule has 2 aromatic carbocycles. The lowest BCUT2D eigenvalue weighted by molar-refractivity contribution is 0.0894. The molecule has 2 fully saturated rings. The lowest BCUT2D eigenvalue weighted by Gasteiger charge is -2.43. The van der Waals surface area contributed by atoms with Gasteiger partial charge >= 0.3 is 0 Å². The minimum absolute atomic E-state index is 0.297. The molecule has 0 bridgehead atoms. The van der Waals surface area contributed by atoms with Crippen molar-refractivity contribution in [1.82, 2.24) is 14.7 Å². The average molecular weight is 450 g/mol. The summed E-state index contributed by atoms with van der Waals surface area (Å²) in [5.41, 5.74) is 5.82. The number of benzene rings is 2. The molecule has 0 aromatic heterocycles. The zero-order valence-corrected chi connectivity index (χ0v) is 19.6. The second-order valence-electron chi connectivity index (χ2n) is 9.99. The highest BCUT2D eigenvalue weighted by molar-refractivity contribution is 5.66. The molecule has 1 saturated carbocycles. The molecule has 4 nitrogen and oxygen atoms in total. The molecule has 5 heteroatoms. The molecule has 0 spiro atoms. The van der Waals surface area contributed by atoms with Crippen molar-refractivity contribution in [2.45, 2.75) is 51.1 Å². The maximum Gasteiger partial charge on any atom is 0.164 e. The summed E-state index contributed by atoms with van der Waals surface area (Å²) in [6.07, 6.45) is 8.00. The van der Waals surface area contributed by atoms with Gasteiger partial charge in [0.1, 0.15) is 0 Å². The van der Waals surface area contributed by atoms with Crippen molar-refractivity contribution in [3.05, 3.63) is 65.6 Å². The minimum Gasteiger partial charge on any atom is -0.505 e. The fraction of sp³-hybridized carbons (Fsp3) is 0.500. The smallest absolute Gasteiger partial charge is 0.164 e. The lowest BCUT2D eigenvalue weighted by atomic mass is 9.93. The molecule has 1 saturated heterocycles. The number of phenols is 1. The van der Waals surface area contributed by atoms with E-state index in [1.54, 1.807) is 6.07 Å². The summed E-state index contributed by atoms with van der Waals surface area (Å²) >= 11 is 0. The number of rotatable bonds is 5. The first-order valence-corrected chi connectivity index (χ1v) is 12.6. The van der Waals surface area contributed by atoms with Gasteiger partial charge in [-0.25, -0.2) is 4.39 Å². The SMILES string of the molecule is C=C(CN1CCc2cc(-c3ccc(F)c(O)c3)ccc2C1)N1CCN(C2CCCCC2)CC1. The van der Waals surface area contributed by atoms with Gasteiger partial charge in [0.15, 0.2) is 11.6 Å². The molecule has 1 N–H and O–H groups in total. The maximum atomic E-state index is 13.4. The average Bonchev–Trinajstić information content (AvgIpc) is 2.86. The van der Waals surface area contributed by atoms with Crippen molar-refractivity contribution < 1.29 is 9.50 Å². The monoisotopic (exact) mass is 449 g/mol. The molecule has 33 heavy (non-hydrogen) atoms. The van der Waals surface area contributed by atoms with Gasteiger partial charge in [-0.2, -0.15) is 0 Å². The fourth-order valence-corrected chi connectivity index (χ4v) is 5.83. The predicted octanol–water partition coefficient (Wildman–Crippen LogP) is 5.02. The van der Waals surface area contributed by atoms with E-state index >= 15 is 0 Å². The van der Waals surface area contributed by atoms with Gasteiger partial charge in [0.05, 0.1) is 0 Å². The second-order valence-corrected chi connectivity index (χ2v) is 9.99. The number of hydrogen-bond acceptors (Lipinski definition) is 4. The third-order valence-corrected chi connectivity index (χ3v) is 7.84. The van der Waals surface area contributed by atoms with Crippen molar-refractivity contribution in [3.8, 4) is 16.9 Å². The lowest BCUT2D eigenvalue weighted by Crippen LogP contribution is -2.51. The zero-order valence-electron chi connectivity index (χ0n) is 19.6. The highest BCUT2D eigenvalue weighted by Crippen LogP contribution is 2.30. The van der Waals surface area contributed by atoms with E-state index in [1.807, 2.05) is 0 Å². The van der Waals surface area contributed by atoms with E-state index in [-0.39, 0.29) is 5.75 Å². The molecule has 0 atom stereocenters. The van der Waals surface area contributed by atoms with E-state index in [9.17, 15) is 9.50 Å². The van der Waals surface area contributed by atoms with Gasteiger partial charge in [0, 0.05) is 57.6 Å². The number of piperazine rings is 1. The fourth-order valence-electron chi connectivity index (χ4n) is 5.83. The Labute approximate surface area is 197 Å². The Morgan fingerprint density at radius 2 is 1.64 bits per heavy atom. The van der Waals surface area contributed by atoms with Gasteiger partial charge in [-0.15, -0.1) is 0 Å². The summed E-state index contributed by atoms with van der Waals surface area (Å²) in [5.74, 6) is -0.877. The van der Waals surface area contributed by atoms with Crippen LogP contribution < -0.4 is 0 Å². The van der Waals surface area contributed by atoms with Crippen LogP contribution in [0.3, 0.4) is 0 Å². The first-order chi connectivity index (χ1) is 16.1. The molecule has 5 rings (SSSR count). The van der Waals surface area contributed by atoms with E-state index < -0.39 is 5.82 Å². The highest BCUT2D eigenvalue weighted by atomic mass is 19.1. The van der Waals surface area contributed by atoms with Crippen LogP contribution in [0, 0.1) is 5.82 Å². The standard InChI is InChI=1S/C28H36FN3O/c1-21(31-13-15-32(16-14-31)26-5-3-2-4-6-26)19-30-12-11-24-17-22(7-8-25(24)20-30)23-9-10-27(29)28(33)18-23/h7-10,17-18,26,33H,1-6,11-16,19-20H2. The highest BCUT2D eigenvalue weighted by Gasteiger charge is 2.26. The molecule has 176 valence electrons. The Morgan fingerprint density at radius 3 is 2.39 bits per heavy atom. The molecule has 2 aliphatic heterocycles. The largest absolute Gasteiger partial charge is 0.505 e. The number of aromatic hydroxyl groups is 1. The maximum absolute atomic E-state index is 13.4. The summed E-state index contributed by atoms with van der Waals surface area (Å²) in [6.45, 7) is 11.9. The van der Waals surface area contributed by atoms with Crippen molar-refractivity contribution in [1.29, 1.82) is 0 Å². The van der Waals surface area contributed by atoms with E-state index in [4.69, 9.17) is 0 Å². The zero-order chi connectivity index (χ0) is 22.8. The van der Waals surface area contributed by atoms with E-state index in [1.165, 1.54) is 74.2 Å². The topological polar surface area (TPSA) is 30.0 Å². The molecule has 0 amide bonds. The van der Waals surface area contributed by atoms with Crippen LogP contribution in [-0.2, 0) is 13.0 Å². The Bertz CT molecular complexity index is 993. The Kier molecular flexibility index (Phi) is 6.70. The molecule has 1 aliphatic carbocycles. The van der Waals surface area contributed by atoms with Gasteiger partial charge in [-0.1, -0.05) is 50.1 Å². The van der Waals surface area contributed by atoms with Crippen LogP contribution in [0.15, 0.2) is 48.7 Å². The Morgan fingerprint density at radius 1 is 0.909 bits per heavy atom. The van der Waals surface area contributed by atoms with Crippen LogP contribution in [0.2, 0.25) is 0 Å². The molecule has 2 heterocycles. The third kappa shape index (κ3) is 5.10. The molecule has 2 aromatic rings. The van der Waals surface area contributed by atoms with Crippen LogP contribution in [0.25, 0.3) is 11.1 Å². The number of phenolic OH excluding ortho intramolecular Hbond substituents is 1. The van der Waals surface area contributed by atoms with Crippen LogP contribution in [-0.4, -0.2) is 65.1 Å². The quantitative estimate of drug-likeness (QED) is 0.694. The van der Waals surface area contributed by atoms with E-state index in [2.05, 4.69) is 39.5 Å². The Balaban J connectivity index is 1.15. The van der Waals surface area contributed by atoms with Crippen molar-refractivity contribution in [2.75, 3.05) is 39.3 Å². The van der Waals surface area contributed by atoms with Crippen LogP contribution in [0.5, 0.6) is 5.75 Å². The summed E-state index contributed by atoms with van der Waals surface area (Å²) in [6, 6.07) is 11.8. The molecule has 0 unspecified atom stereocenters. The van der Waals surface area contributed by atoms with Crippen LogP contribution in [0.4, 0.5) is 4.39 Å². The summed E-state index contributed by atoms with van der Waals surface area (Å²) in [7, 11) is 0. The third-order valence-electron chi connectivity index (χ3n) is 7.84. The Hall–Kier alpha value is -2.37. The van der Waals surface area contributed by atoms with Crippen LogP contribution >= 0.6 is 0 Å². The van der Waals surface area contributed by atoms with Crippen LogP contribution in [0.1, 0.15) is 43.2 Å². The second kappa shape index (κ2) is 9.86. The molecular weight excluding hydrogens is 413 g/mol. The van der Waals surface area contributed by atoms with Crippen molar-refractivity contribution in [2.24, 2.45) is 0 Å². The molecule has 0 radical (unpaired) electrons. The molecule has 3 aliphatic rings. The minimum atomic E-state index is -0.581. The number of halogens is 1. The van der Waals surface area contributed by atoms with E-state index in [0.29, 0.717) is 0 Å². The number of fused-ring (bicyclic) bond motifs is 1. The normalized spacial score (nSPS) is 20.6. The van der Waals surface area contributed by atoms with Gasteiger partial charge in [-0.05, 0) is 53.6 Å². The van der Waals surface area contributed by atoms with Gasteiger partial charge < -0.3 is 10.0 Å². The predicted molar refractivity (Wildman–Crippen MR) is 132 cm³/mol. The summed E-state index contributed by atoms with van der Waals surface area (Å²) in [4.78, 5) is 7.72. The number of hydrogen-bond donors (Lipinski definition) is 1. The van der Waals surface area contributed by atoms with Gasteiger partial charge in [0.2, 0.25) is 0 Å². The van der Waals surface area contributed by atoms with Gasteiger partial charge in [-0.3, -0.25) is 9.80 Å². The van der Waals surface area contributed by atoms with Crippen molar-refractivity contribution in [3.63, 3.8) is 0 Å². The van der Waals surface area contributed by atoms with Crippen molar-refractivity contribution >= 4 is 0 Å².